The Labute approximate surface area is 96.5 Å². The third-order valence-electron chi connectivity index (χ3n) is 2.33. The highest BCUT2D eigenvalue weighted by Crippen LogP contribution is 2.33. The molecule has 0 amide bonds. The third kappa shape index (κ3) is 1.75. The Kier molecular flexibility index (Phi) is 2.73. The molecule has 0 saturated heterocycles. The molecule has 0 aliphatic heterocycles. The molecule has 0 bridgehead atoms. The van der Waals surface area contributed by atoms with Crippen LogP contribution in [-0.2, 0) is 0 Å². The number of nitrogens with one attached hydrogen (secondary N) is 1. The molecule has 0 saturated carbocycles. The summed E-state index contributed by atoms with van der Waals surface area (Å²) in [7, 11) is 1.65. The van der Waals surface area contributed by atoms with Crippen molar-refractivity contribution in [2.24, 2.45) is 0 Å². The van der Waals surface area contributed by atoms with Gasteiger partial charge in [-0.15, -0.1) is 0 Å². The van der Waals surface area contributed by atoms with Crippen LogP contribution in [0.3, 0.4) is 0 Å². The maximum Gasteiger partial charge on any atom is 0.133 e. The molecule has 2 nitrogen and oxygen atoms in total. The second kappa shape index (κ2) is 4.03. The van der Waals surface area contributed by atoms with Crippen LogP contribution in [0.2, 0.25) is 0 Å². The predicted molar refractivity (Wildman–Crippen MR) is 66.1 cm³/mol. The number of fused-ring (bicyclic) bond motifs is 1. The average Bonchev–Trinajstić information content (AvgIpc) is 2.29. The van der Waals surface area contributed by atoms with Crippen molar-refractivity contribution in [3.63, 3.8) is 0 Å². The van der Waals surface area contributed by atoms with Gasteiger partial charge in [0.15, 0.2) is 0 Å². The van der Waals surface area contributed by atoms with Gasteiger partial charge in [0.25, 0.3) is 0 Å². The van der Waals surface area contributed by atoms with E-state index in [1.165, 1.54) is 6.21 Å². The van der Waals surface area contributed by atoms with Gasteiger partial charge in [0.1, 0.15) is 5.75 Å². The SMILES string of the molecule is COc1ccc2cc(C=N)ccc2c1Br. The van der Waals surface area contributed by atoms with Gasteiger partial charge in [0.2, 0.25) is 0 Å². The minimum Gasteiger partial charge on any atom is -0.496 e. The molecule has 15 heavy (non-hydrogen) atoms. The molecule has 2 aromatic rings. The van der Waals surface area contributed by atoms with Gasteiger partial charge in [0, 0.05) is 6.21 Å². The first-order chi connectivity index (χ1) is 7.26. The Balaban J connectivity index is 2.73. The highest BCUT2D eigenvalue weighted by molar-refractivity contribution is 9.10. The van der Waals surface area contributed by atoms with Gasteiger partial charge in [0.05, 0.1) is 11.6 Å². The Bertz CT molecular complexity index is 522. The Morgan fingerprint density at radius 2 is 2.07 bits per heavy atom. The molecule has 2 rings (SSSR count). The van der Waals surface area contributed by atoms with Crippen LogP contribution in [0.1, 0.15) is 5.56 Å². The lowest BCUT2D eigenvalue weighted by atomic mass is 10.1. The van der Waals surface area contributed by atoms with E-state index in [0.29, 0.717) is 0 Å². The molecular formula is C12H10BrNO. The van der Waals surface area contributed by atoms with Crippen LogP contribution < -0.4 is 4.74 Å². The minimum absolute atomic E-state index is 0.824. The van der Waals surface area contributed by atoms with E-state index in [1.54, 1.807) is 7.11 Å². The smallest absolute Gasteiger partial charge is 0.133 e. The first-order valence-corrected chi connectivity index (χ1v) is 5.32. The molecule has 1 N–H and O–H groups in total. The lowest BCUT2D eigenvalue weighted by Gasteiger charge is -2.07. The lowest BCUT2D eigenvalue weighted by Crippen LogP contribution is -1.86. The number of methoxy groups -OCH3 is 1. The summed E-state index contributed by atoms with van der Waals surface area (Å²) in [4.78, 5) is 0. The van der Waals surface area contributed by atoms with Crippen molar-refractivity contribution in [3.8, 4) is 5.75 Å². The average molecular weight is 264 g/mol. The van der Waals surface area contributed by atoms with Gasteiger partial charge in [-0.1, -0.05) is 18.2 Å². The number of hydrogen-bond donors (Lipinski definition) is 1. The molecule has 0 aromatic heterocycles. The molecule has 0 unspecified atom stereocenters. The molecule has 0 aliphatic carbocycles. The Morgan fingerprint density at radius 3 is 2.73 bits per heavy atom. The van der Waals surface area contributed by atoms with Gasteiger partial charge < -0.3 is 10.1 Å². The van der Waals surface area contributed by atoms with E-state index in [0.717, 1.165) is 26.6 Å². The number of ether oxygens (including phenoxy) is 1. The van der Waals surface area contributed by atoms with Crippen molar-refractivity contribution in [1.29, 1.82) is 5.41 Å². The molecule has 0 fully saturated rings. The summed E-state index contributed by atoms with van der Waals surface area (Å²) < 4.78 is 6.18. The monoisotopic (exact) mass is 263 g/mol. The van der Waals surface area contributed by atoms with E-state index in [4.69, 9.17) is 10.1 Å². The molecule has 0 heterocycles. The van der Waals surface area contributed by atoms with E-state index in [2.05, 4.69) is 15.9 Å². The molecule has 0 spiro atoms. The van der Waals surface area contributed by atoms with Crippen LogP contribution in [0.25, 0.3) is 10.8 Å². The zero-order valence-corrected chi connectivity index (χ0v) is 9.84. The van der Waals surface area contributed by atoms with Crippen molar-refractivity contribution < 1.29 is 4.74 Å². The van der Waals surface area contributed by atoms with Crippen LogP contribution in [0.15, 0.2) is 34.8 Å². The van der Waals surface area contributed by atoms with Gasteiger partial charge in [-0.25, -0.2) is 0 Å². The fourth-order valence-electron chi connectivity index (χ4n) is 1.54. The van der Waals surface area contributed by atoms with Crippen molar-refractivity contribution in [3.05, 3.63) is 40.4 Å². The summed E-state index contributed by atoms with van der Waals surface area (Å²) in [5, 5.41) is 9.39. The van der Waals surface area contributed by atoms with E-state index in [1.807, 2.05) is 30.3 Å². The number of hydrogen-bond acceptors (Lipinski definition) is 2. The van der Waals surface area contributed by atoms with Crippen LogP contribution in [0, 0.1) is 5.41 Å². The molecular weight excluding hydrogens is 254 g/mol. The first kappa shape index (κ1) is 10.2. The van der Waals surface area contributed by atoms with Crippen LogP contribution in [0.5, 0.6) is 5.75 Å². The highest BCUT2D eigenvalue weighted by atomic mass is 79.9. The van der Waals surface area contributed by atoms with E-state index in [-0.39, 0.29) is 0 Å². The lowest BCUT2D eigenvalue weighted by molar-refractivity contribution is 0.413. The zero-order chi connectivity index (χ0) is 10.8. The van der Waals surface area contributed by atoms with Gasteiger partial charge in [-0.2, -0.15) is 0 Å². The maximum absolute atomic E-state index is 7.19. The fourth-order valence-corrected chi connectivity index (χ4v) is 2.19. The predicted octanol–water partition coefficient (Wildman–Crippen LogP) is 3.61. The van der Waals surface area contributed by atoms with Crippen molar-refractivity contribution in [2.75, 3.05) is 7.11 Å². The van der Waals surface area contributed by atoms with E-state index in [9.17, 15) is 0 Å². The summed E-state index contributed by atoms with van der Waals surface area (Å²) in [6, 6.07) is 9.79. The summed E-state index contributed by atoms with van der Waals surface area (Å²) in [5.41, 5.74) is 0.902. The molecule has 0 aliphatic rings. The second-order valence-electron chi connectivity index (χ2n) is 3.21. The third-order valence-corrected chi connectivity index (χ3v) is 3.15. The number of rotatable bonds is 2. The van der Waals surface area contributed by atoms with E-state index < -0.39 is 0 Å². The second-order valence-corrected chi connectivity index (χ2v) is 4.00. The molecule has 0 radical (unpaired) electrons. The van der Waals surface area contributed by atoms with Crippen LogP contribution >= 0.6 is 15.9 Å². The zero-order valence-electron chi connectivity index (χ0n) is 8.25. The number of benzene rings is 2. The largest absolute Gasteiger partial charge is 0.496 e. The summed E-state index contributed by atoms with van der Waals surface area (Å²) in [6.07, 6.45) is 1.34. The first-order valence-electron chi connectivity index (χ1n) is 4.53. The summed E-state index contributed by atoms with van der Waals surface area (Å²) >= 11 is 3.51. The van der Waals surface area contributed by atoms with Gasteiger partial charge in [-0.3, -0.25) is 0 Å². The molecule has 2 aromatic carbocycles. The summed E-state index contributed by atoms with van der Waals surface area (Å²) in [5.74, 6) is 0.824. The van der Waals surface area contributed by atoms with Gasteiger partial charge in [-0.05, 0) is 44.4 Å². The normalized spacial score (nSPS) is 10.3. The minimum atomic E-state index is 0.824. The van der Waals surface area contributed by atoms with Crippen molar-refractivity contribution in [2.45, 2.75) is 0 Å². The molecule has 76 valence electrons. The topological polar surface area (TPSA) is 33.1 Å². The quantitative estimate of drug-likeness (QED) is 0.826. The Morgan fingerprint density at radius 1 is 1.27 bits per heavy atom. The highest BCUT2D eigenvalue weighted by Gasteiger charge is 2.04. The van der Waals surface area contributed by atoms with E-state index >= 15 is 0 Å². The van der Waals surface area contributed by atoms with Crippen LogP contribution in [-0.4, -0.2) is 13.3 Å². The fraction of sp³-hybridized carbons (Fsp3) is 0.0833. The molecule has 3 heteroatoms. The van der Waals surface area contributed by atoms with Crippen molar-refractivity contribution in [1.82, 2.24) is 0 Å². The van der Waals surface area contributed by atoms with Gasteiger partial charge >= 0.3 is 0 Å². The molecule has 0 atom stereocenters. The number of halogens is 1. The summed E-state index contributed by atoms with van der Waals surface area (Å²) in [6.45, 7) is 0. The standard InChI is InChI=1S/C12H10BrNO/c1-15-11-5-3-9-6-8(7-14)2-4-10(9)12(11)13/h2-7,14H,1H3. The van der Waals surface area contributed by atoms with Crippen LogP contribution in [0.4, 0.5) is 0 Å². The van der Waals surface area contributed by atoms with Crippen molar-refractivity contribution >= 4 is 32.9 Å². The Hall–Kier alpha value is -1.35. The maximum atomic E-state index is 7.19.